The highest BCUT2D eigenvalue weighted by molar-refractivity contribution is 5.80. The van der Waals surface area contributed by atoms with Crippen LogP contribution in [0.1, 0.15) is 52.3 Å². The van der Waals surface area contributed by atoms with E-state index in [-0.39, 0.29) is 5.92 Å². The van der Waals surface area contributed by atoms with Gasteiger partial charge in [0.25, 0.3) is 0 Å². The molecule has 1 aliphatic rings. The van der Waals surface area contributed by atoms with Gasteiger partial charge in [-0.05, 0) is 44.7 Å². The summed E-state index contributed by atoms with van der Waals surface area (Å²) in [4.78, 5) is 19.4. The van der Waals surface area contributed by atoms with Crippen molar-refractivity contribution in [3.05, 3.63) is 30.2 Å². The lowest BCUT2D eigenvalue weighted by atomic mass is 9.98. The third kappa shape index (κ3) is 5.49. The van der Waals surface area contributed by atoms with Crippen molar-refractivity contribution in [2.75, 3.05) is 26.2 Å². The van der Waals surface area contributed by atoms with E-state index >= 15 is 0 Å². The number of likely N-dealkylation sites (tertiary alicyclic amines) is 1. The Bertz CT molecular complexity index is 835. The van der Waals surface area contributed by atoms with Crippen molar-refractivity contribution >= 4 is 17.5 Å². The maximum atomic E-state index is 12.6. The molecule has 1 aliphatic heterocycles. The van der Waals surface area contributed by atoms with Gasteiger partial charge in [-0.2, -0.15) is 0 Å². The first-order valence-electron chi connectivity index (χ1n) is 11.3. The molecule has 164 valence electrons. The van der Waals surface area contributed by atoms with Gasteiger partial charge in [-0.15, -0.1) is 10.2 Å². The predicted molar refractivity (Wildman–Crippen MR) is 119 cm³/mol. The van der Waals surface area contributed by atoms with E-state index in [1.54, 1.807) is 0 Å². The largest absolute Gasteiger partial charge is 0.357 e. The summed E-state index contributed by atoms with van der Waals surface area (Å²) >= 11 is 0. The highest BCUT2D eigenvalue weighted by atomic mass is 16.2. The molecule has 30 heavy (non-hydrogen) atoms. The van der Waals surface area contributed by atoms with Crippen molar-refractivity contribution < 1.29 is 4.79 Å². The second-order valence-corrected chi connectivity index (χ2v) is 7.81. The van der Waals surface area contributed by atoms with Crippen LogP contribution in [0.2, 0.25) is 0 Å². The van der Waals surface area contributed by atoms with Gasteiger partial charge >= 0.3 is 0 Å². The number of rotatable bonds is 8. The van der Waals surface area contributed by atoms with Crippen molar-refractivity contribution in [2.45, 2.75) is 58.9 Å². The van der Waals surface area contributed by atoms with Crippen LogP contribution in [-0.4, -0.2) is 63.6 Å². The number of aromatic nitrogens is 3. The fourth-order valence-electron chi connectivity index (χ4n) is 3.98. The minimum Gasteiger partial charge on any atom is -0.357 e. The number of piperidine rings is 1. The minimum atomic E-state index is 0.168. The molecular weight excluding hydrogens is 378 g/mol. The van der Waals surface area contributed by atoms with E-state index in [2.05, 4.69) is 41.6 Å². The second kappa shape index (κ2) is 10.9. The van der Waals surface area contributed by atoms with Crippen molar-refractivity contribution in [2.24, 2.45) is 10.9 Å². The standard InChI is InChI=1S/C22H35N7O/c1-4-17(5-2)21(30)28-15-11-18(12-16-28)25-22(23-6-3)24-13-10-20-27-26-19-9-7-8-14-29(19)20/h7-9,14,17-18H,4-6,10-13,15-16H2,1-3H3,(H2,23,24,25). The lowest BCUT2D eigenvalue weighted by Gasteiger charge is -2.34. The Kier molecular flexibility index (Phi) is 8.04. The lowest BCUT2D eigenvalue weighted by Crippen LogP contribution is -2.50. The Morgan fingerprint density at radius 2 is 1.97 bits per heavy atom. The molecule has 0 unspecified atom stereocenters. The number of fused-ring (bicyclic) bond motifs is 1. The van der Waals surface area contributed by atoms with Crippen molar-refractivity contribution in [1.82, 2.24) is 30.1 Å². The van der Waals surface area contributed by atoms with Gasteiger partial charge in [-0.3, -0.25) is 14.2 Å². The van der Waals surface area contributed by atoms with E-state index in [0.717, 1.165) is 69.2 Å². The van der Waals surface area contributed by atoms with Gasteiger partial charge in [-0.25, -0.2) is 0 Å². The van der Waals surface area contributed by atoms with Crippen molar-refractivity contribution in [3.8, 4) is 0 Å². The van der Waals surface area contributed by atoms with Crippen LogP contribution in [0.25, 0.3) is 5.65 Å². The Balaban J connectivity index is 1.51. The average Bonchev–Trinajstić information content (AvgIpc) is 3.18. The monoisotopic (exact) mass is 413 g/mol. The quantitative estimate of drug-likeness (QED) is 0.512. The fraction of sp³-hybridized carbons (Fsp3) is 0.636. The number of hydrogen-bond donors (Lipinski definition) is 2. The first kappa shape index (κ1) is 22.1. The number of guanidine groups is 1. The number of nitrogens with zero attached hydrogens (tertiary/aromatic N) is 5. The molecule has 8 heteroatoms. The van der Waals surface area contributed by atoms with Gasteiger partial charge < -0.3 is 15.5 Å². The van der Waals surface area contributed by atoms with Crippen molar-refractivity contribution in [3.63, 3.8) is 0 Å². The normalized spacial score (nSPS) is 15.7. The molecule has 0 aliphatic carbocycles. The zero-order chi connectivity index (χ0) is 21.3. The van der Waals surface area contributed by atoms with Crippen LogP contribution < -0.4 is 10.6 Å². The van der Waals surface area contributed by atoms with Crippen LogP contribution in [0.15, 0.2) is 29.4 Å². The summed E-state index contributed by atoms with van der Waals surface area (Å²) in [7, 11) is 0. The predicted octanol–water partition coefficient (Wildman–Crippen LogP) is 2.25. The average molecular weight is 414 g/mol. The molecule has 2 N–H and O–H groups in total. The molecule has 8 nitrogen and oxygen atoms in total. The van der Waals surface area contributed by atoms with E-state index in [1.165, 1.54) is 0 Å². The maximum absolute atomic E-state index is 12.6. The van der Waals surface area contributed by atoms with Gasteiger partial charge in [0.15, 0.2) is 11.6 Å². The van der Waals surface area contributed by atoms with E-state index in [4.69, 9.17) is 4.99 Å². The van der Waals surface area contributed by atoms with Gasteiger partial charge in [0.2, 0.25) is 5.91 Å². The van der Waals surface area contributed by atoms with Crippen LogP contribution in [0.3, 0.4) is 0 Å². The first-order chi connectivity index (χ1) is 14.7. The van der Waals surface area contributed by atoms with Gasteiger partial charge in [0.1, 0.15) is 5.82 Å². The van der Waals surface area contributed by atoms with E-state index in [9.17, 15) is 4.79 Å². The molecule has 1 saturated heterocycles. The summed E-state index contributed by atoms with van der Waals surface area (Å²) in [6.45, 7) is 9.35. The number of nitrogens with one attached hydrogen (secondary N) is 2. The molecule has 1 fully saturated rings. The third-order valence-electron chi connectivity index (χ3n) is 5.82. The van der Waals surface area contributed by atoms with Crippen molar-refractivity contribution in [1.29, 1.82) is 0 Å². The molecule has 2 aromatic heterocycles. The number of carbonyl (C=O) groups excluding carboxylic acids is 1. The van der Waals surface area contributed by atoms with Gasteiger partial charge in [0.05, 0.1) is 0 Å². The Hall–Kier alpha value is -2.64. The molecule has 0 saturated carbocycles. The van der Waals surface area contributed by atoms with Crippen LogP contribution in [-0.2, 0) is 11.2 Å². The number of pyridine rings is 1. The highest BCUT2D eigenvalue weighted by Gasteiger charge is 2.26. The van der Waals surface area contributed by atoms with Crippen LogP contribution in [0, 0.1) is 5.92 Å². The number of carbonyl (C=O) groups is 1. The van der Waals surface area contributed by atoms with Gasteiger partial charge in [0, 0.05) is 50.8 Å². The SMILES string of the molecule is CCNC(=NCCc1nnc2ccccn12)NC1CCN(C(=O)C(CC)CC)CC1. The molecular formula is C22H35N7O. The Morgan fingerprint density at radius 3 is 2.67 bits per heavy atom. The first-order valence-corrected chi connectivity index (χ1v) is 11.3. The number of aliphatic imine (C=N–C) groups is 1. The molecule has 0 bridgehead atoms. The molecule has 0 atom stereocenters. The molecule has 0 radical (unpaired) electrons. The Morgan fingerprint density at radius 1 is 1.20 bits per heavy atom. The zero-order valence-corrected chi connectivity index (χ0v) is 18.5. The molecule has 0 aromatic carbocycles. The summed E-state index contributed by atoms with van der Waals surface area (Å²) in [5, 5.41) is 15.3. The zero-order valence-electron chi connectivity index (χ0n) is 18.5. The van der Waals surface area contributed by atoms with E-state index < -0.39 is 0 Å². The van der Waals surface area contributed by atoms with E-state index in [1.807, 2.05) is 33.7 Å². The van der Waals surface area contributed by atoms with Crippen LogP contribution in [0.4, 0.5) is 0 Å². The lowest BCUT2D eigenvalue weighted by molar-refractivity contribution is -0.136. The number of amides is 1. The topological polar surface area (TPSA) is 86.9 Å². The second-order valence-electron chi connectivity index (χ2n) is 7.81. The molecule has 3 rings (SSSR count). The summed E-state index contributed by atoms with van der Waals surface area (Å²) in [5.74, 6) is 2.23. The molecule has 2 aromatic rings. The number of hydrogen-bond acceptors (Lipinski definition) is 4. The van der Waals surface area contributed by atoms with Gasteiger partial charge in [-0.1, -0.05) is 19.9 Å². The molecule has 0 spiro atoms. The molecule has 1 amide bonds. The third-order valence-corrected chi connectivity index (χ3v) is 5.82. The summed E-state index contributed by atoms with van der Waals surface area (Å²) in [6.07, 6.45) is 6.45. The highest BCUT2D eigenvalue weighted by Crippen LogP contribution is 2.17. The minimum absolute atomic E-state index is 0.168. The summed E-state index contributed by atoms with van der Waals surface area (Å²) < 4.78 is 2.00. The molecule has 3 heterocycles. The summed E-state index contributed by atoms with van der Waals surface area (Å²) in [6, 6.07) is 6.23. The Labute approximate surface area is 179 Å². The fourth-order valence-corrected chi connectivity index (χ4v) is 3.98. The van der Waals surface area contributed by atoms with Crippen LogP contribution in [0.5, 0.6) is 0 Å². The van der Waals surface area contributed by atoms with E-state index in [0.29, 0.717) is 18.5 Å². The smallest absolute Gasteiger partial charge is 0.225 e. The van der Waals surface area contributed by atoms with Crippen LogP contribution >= 0.6 is 0 Å². The summed E-state index contributed by atoms with van der Waals surface area (Å²) in [5.41, 5.74) is 0.858. The maximum Gasteiger partial charge on any atom is 0.225 e.